The SMILES string of the molecule is CC(=C1C(=O)Nc2c(C)c(C)c(C)c(C)c21)c1c(C)c(C)c(C)n1C.II. The molecule has 0 saturated carbocycles. The number of carbonyl (C=O) groups is 1. The van der Waals surface area contributed by atoms with Crippen LogP contribution in [0.2, 0.25) is 0 Å². The van der Waals surface area contributed by atoms with Crippen LogP contribution in [-0.4, -0.2) is 10.5 Å². The molecule has 1 aromatic heterocycles. The third kappa shape index (κ3) is 3.39. The number of rotatable bonds is 1. The fourth-order valence-corrected chi connectivity index (χ4v) is 4.20. The van der Waals surface area contributed by atoms with Gasteiger partial charge in [0, 0.05) is 61.2 Å². The maximum atomic E-state index is 12.9. The standard InChI is InChI=1S/C22H28N2O.I2/c1-10-11(2)14(5)20-18(13(10)4)19(22(25)23-20)16(7)21-15(6)12(3)17(8)24(21)9;1-2/h1-9H3,(H,23,25);. The molecule has 1 aliphatic rings. The van der Waals surface area contributed by atoms with E-state index < -0.39 is 0 Å². The Kier molecular flexibility index (Phi) is 6.88. The molecule has 0 fully saturated rings. The molecule has 1 N–H and O–H groups in total. The van der Waals surface area contributed by atoms with Crippen LogP contribution in [-0.2, 0) is 11.8 Å². The van der Waals surface area contributed by atoms with E-state index in [0.29, 0.717) is 0 Å². The van der Waals surface area contributed by atoms with Crippen LogP contribution in [0.5, 0.6) is 0 Å². The van der Waals surface area contributed by atoms with Crippen molar-refractivity contribution in [1.82, 2.24) is 4.57 Å². The summed E-state index contributed by atoms with van der Waals surface area (Å²) in [7, 11) is 2.08. The van der Waals surface area contributed by atoms with Gasteiger partial charge in [0.1, 0.15) is 0 Å². The highest BCUT2D eigenvalue weighted by Gasteiger charge is 2.32. The summed E-state index contributed by atoms with van der Waals surface area (Å²) in [6, 6.07) is 0. The fraction of sp³-hybridized carbons (Fsp3) is 0.409. The fourth-order valence-electron chi connectivity index (χ4n) is 4.20. The van der Waals surface area contributed by atoms with E-state index in [1.54, 1.807) is 0 Å². The Morgan fingerprint density at radius 1 is 0.815 bits per heavy atom. The predicted molar refractivity (Wildman–Crippen MR) is 134 cm³/mol. The number of hydrogen-bond donors (Lipinski definition) is 1. The molecule has 0 atom stereocenters. The topological polar surface area (TPSA) is 34.0 Å². The molecule has 0 radical (unpaired) electrons. The third-order valence-electron chi connectivity index (χ3n) is 6.43. The van der Waals surface area contributed by atoms with Crippen molar-refractivity contribution in [3.63, 3.8) is 0 Å². The van der Waals surface area contributed by atoms with Gasteiger partial charge < -0.3 is 9.88 Å². The quantitative estimate of drug-likeness (QED) is 0.287. The highest BCUT2D eigenvalue weighted by Crippen LogP contribution is 2.44. The van der Waals surface area contributed by atoms with Crippen LogP contribution in [0.4, 0.5) is 5.69 Å². The van der Waals surface area contributed by atoms with E-state index >= 15 is 0 Å². The average Bonchev–Trinajstić information content (AvgIpc) is 3.10. The summed E-state index contributed by atoms with van der Waals surface area (Å²) >= 11 is 4.24. The molecule has 0 aliphatic carbocycles. The van der Waals surface area contributed by atoms with Crippen LogP contribution < -0.4 is 5.32 Å². The molecular weight excluding hydrogens is 562 g/mol. The Bertz CT molecular complexity index is 956. The molecule has 3 nitrogen and oxygen atoms in total. The van der Waals surface area contributed by atoms with Gasteiger partial charge in [-0.1, -0.05) is 0 Å². The van der Waals surface area contributed by atoms with Crippen molar-refractivity contribution in [3.8, 4) is 0 Å². The molecule has 3 rings (SSSR count). The molecule has 2 aromatic rings. The van der Waals surface area contributed by atoms with E-state index in [1.165, 1.54) is 39.1 Å². The predicted octanol–water partition coefficient (Wildman–Crippen LogP) is 6.84. The molecule has 0 unspecified atom stereocenters. The maximum Gasteiger partial charge on any atom is 0.256 e. The van der Waals surface area contributed by atoms with Crippen LogP contribution in [0.25, 0.3) is 11.1 Å². The summed E-state index contributed by atoms with van der Waals surface area (Å²) in [5, 5.41) is 3.13. The van der Waals surface area contributed by atoms with E-state index in [2.05, 4.69) is 110 Å². The summed E-state index contributed by atoms with van der Waals surface area (Å²) in [5.41, 5.74) is 13.8. The van der Waals surface area contributed by atoms with Gasteiger partial charge in [-0.3, -0.25) is 4.79 Å². The number of nitrogens with one attached hydrogen (secondary N) is 1. The number of anilines is 1. The lowest BCUT2D eigenvalue weighted by Gasteiger charge is -2.16. The molecule has 1 aromatic carbocycles. The minimum absolute atomic E-state index is 0.0135. The van der Waals surface area contributed by atoms with Crippen molar-refractivity contribution in [2.75, 3.05) is 5.32 Å². The van der Waals surface area contributed by atoms with Gasteiger partial charge in [-0.25, -0.2) is 0 Å². The van der Waals surface area contributed by atoms with Crippen LogP contribution >= 0.6 is 37.2 Å². The van der Waals surface area contributed by atoms with Gasteiger partial charge in [0.2, 0.25) is 0 Å². The second-order valence-electron chi connectivity index (χ2n) is 7.45. The highest BCUT2D eigenvalue weighted by molar-refractivity contribution is 15.0. The molecule has 0 saturated heterocycles. The lowest BCUT2D eigenvalue weighted by atomic mass is 9.88. The lowest BCUT2D eigenvalue weighted by molar-refractivity contribution is -0.110. The van der Waals surface area contributed by atoms with Crippen molar-refractivity contribution in [3.05, 3.63) is 50.3 Å². The second-order valence-corrected chi connectivity index (χ2v) is 7.45. The van der Waals surface area contributed by atoms with Crippen molar-refractivity contribution in [1.29, 1.82) is 0 Å². The van der Waals surface area contributed by atoms with Crippen LogP contribution in [0, 0.1) is 48.5 Å². The van der Waals surface area contributed by atoms with Crippen molar-refractivity contribution in [2.45, 2.75) is 55.4 Å². The van der Waals surface area contributed by atoms with E-state index in [4.69, 9.17) is 0 Å². The number of benzene rings is 1. The summed E-state index contributed by atoms with van der Waals surface area (Å²) in [6.07, 6.45) is 0. The first-order chi connectivity index (χ1) is 12.6. The molecule has 5 heteroatoms. The first kappa shape index (κ1) is 22.5. The van der Waals surface area contributed by atoms with Gasteiger partial charge in [-0.05, 0) is 94.3 Å². The normalized spacial score (nSPS) is 14.6. The summed E-state index contributed by atoms with van der Waals surface area (Å²) in [5.74, 6) is 0.0135. The first-order valence-electron chi connectivity index (χ1n) is 8.99. The van der Waals surface area contributed by atoms with Gasteiger partial charge in [-0.2, -0.15) is 0 Å². The van der Waals surface area contributed by atoms with Crippen LogP contribution in [0.1, 0.15) is 57.3 Å². The van der Waals surface area contributed by atoms with E-state index in [1.807, 2.05) is 0 Å². The average molecular weight is 590 g/mol. The third-order valence-corrected chi connectivity index (χ3v) is 6.43. The number of hydrogen-bond acceptors (Lipinski definition) is 1. The molecule has 2 heterocycles. The van der Waals surface area contributed by atoms with Crippen LogP contribution in [0.15, 0.2) is 0 Å². The summed E-state index contributed by atoms with van der Waals surface area (Å²) in [6.45, 7) is 17.0. The van der Waals surface area contributed by atoms with Gasteiger partial charge in [-0.15, -0.1) is 0 Å². The monoisotopic (exact) mass is 590 g/mol. The van der Waals surface area contributed by atoms with E-state index in [9.17, 15) is 4.79 Å². The maximum absolute atomic E-state index is 12.9. The number of fused-ring (bicyclic) bond motifs is 1. The molecule has 0 bridgehead atoms. The van der Waals surface area contributed by atoms with Crippen LogP contribution in [0.3, 0.4) is 0 Å². The number of amides is 1. The number of halogens is 2. The van der Waals surface area contributed by atoms with E-state index in [0.717, 1.165) is 28.1 Å². The van der Waals surface area contributed by atoms with Gasteiger partial charge >= 0.3 is 0 Å². The Balaban J connectivity index is 0.00000126. The van der Waals surface area contributed by atoms with Gasteiger partial charge in [0.25, 0.3) is 5.91 Å². The molecule has 146 valence electrons. The van der Waals surface area contributed by atoms with Gasteiger partial charge in [0.15, 0.2) is 0 Å². The molecule has 27 heavy (non-hydrogen) atoms. The summed E-state index contributed by atoms with van der Waals surface area (Å²) in [4.78, 5) is 12.9. The van der Waals surface area contributed by atoms with Crippen molar-refractivity contribution >= 4 is 60.0 Å². The van der Waals surface area contributed by atoms with Crippen molar-refractivity contribution in [2.24, 2.45) is 7.05 Å². The molecule has 1 aliphatic heterocycles. The lowest BCUT2D eigenvalue weighted by Crippen LogP contribution is -2.07. The zero-order valence-electron chi connectivity index (χ0n) is 17.6. The zero-order chi connectivity index (χ0) is 20.8. The Hall–Kier alpha value is -0.830. The molecule has 1 amide bonds. The van der Waals surface area contributed by atoms with Crippen molar-refractivity contribution < 1.29 is 4.79 Å². The Labute approximate surface area is 186 Å². The zero-order valence-corrected chi connectivity index (χ0v) is 21.9. The summed E-state index contributed by atoms with van der Waals surface area (Å²) < 4.78 is 2.21. The minimum atomic E-state index is 0.0135. The molecule has 0 spiro atoms. The number of nitrogens with zero attached hydrogens (tertiary/aromatic N) is 1. The Morgan fingerprint density at radius 3 is 1.81 bits per heavy atom. The van der Waals surface area contributed by atoms with Gasteiger partial charge in [0.05, 0.1) is 11.3 Å². The second kappa shape index (κ2) is 8.27. The smallest absolute Gasteiger partial charge is 0.256 e. The highest BCUT2D eigenvalue weighted by atomic mass is 128. The minimum Gasteiger partial charge on any atom is -0.348 e. The molecular formula is C22H28I2N2O. The Morgan fingerprint density at radius 2 is 1.33 bits per heavy atom. The van der Waals surface area contributed by atoms with E-state index in [-0.39, 0.29) is 5.91 Å². The largest absolute Gasteiger partial charge is 0.348 e. The number of aromatic nitrogens is 1. The first-order valence-corrected chi connectivity index (χ1v) is 15.3. The number of allylic oxidation sites excluding steroid dienone is 1. The number of carbonyl (C=O) groups excluding carboxylic acids is 1.